The van der Waals surface area contributed by atoms with Crippen molar-refractivity contribution in [2.75, 3.05) is 0 Å². The summed E-state index contributed by atoms with van der Waals surface area (Å²) in [7, 11) is 0. The number of aldehydes is 1. The zero-order chi connectivity index (χ0) is 12.4. The topological polar surface area (TPSA) is 34.1 Å². The summed E-state index contributed by atoms with van der Waals surface area (Å²) in [5.74, 6) is -0.0220. The highest BCUT2D eigenvalue weighted by molar-refractivity contribution is 7.14. The van der Waals surface area contributed by atoms with Crippen LogP contribution in [0.4, 0.5) is 0 Å². The SMILES string of the molecule is Cc1ccc(C(=O)c2cc(C=O)c(C)s2)cc1. The number of thiophene rings is 1. The third kappa shape index (κ3) is 2.34. The molecule has 2 aromatic rings. The standard InChI is InChI=1S/C14H12O2S/c1-9-3-5-11(6-4-9)14(16)13-7-12(8-15)10(2)17-13/h3-8H,1-2H3. The van der Waals surface area contributed by atoms with Gasteiger partial charge in [0, 0.05) is 16.0 Å². The first kappa shape index (κ1) is 11.7. The lowest BCUT2D eigenvalue weighted by atomic mass is 10.1. The van der Waals surface area contributed by atoms with Crippen LogP contribution >= 0.6 is 11.3 Å². The molecule has 2 rings (SSSR count). The summed E-state index contributed by atoms with van der Waals surface area (Å²) < 4.78 is 0. The number of rotatable bonds is 3. The fraction of sp³-hybridized carbons (Fsp3) is 0.143. The Balaban J connectivity index is 2.36. The molecular weight excluding hydrogens is 232 g/mol. The van der Waals surface area contributed by atoms with E-state index in [0.717, 1.165) is 16.7 Å². The Labute approximate surface area is 104 Å². The maximum absolute atomic E-state index is 12.1. The molecule has 0 saturated heterocycles. The fourth-order valence-corrected chi connectivity index (χ4v) is 2.52. The van der Waals surface area contributed by atoms with Crippen LogP contribution in [0.5, 0.6) is 0 Å². The minimum Gasteiger partial charge on any atom is -0.298 e. The van der Waals surface area contributed by atoms with Gasteiger partial charge in [-0.2, -0.15) is 0 Å². The van der Waals surface area contributed by atoms with Crippen LogP contribution in [0.25, 0.3) is 0 Å². The minimum atomic E-state index is -0.0220. The van der Waals surface area contributed by atoms with E-state index < -0.39 is 0 Å². The van der Waals surface area contributed by atoms with Gasteiger partial charge in [-0.1, -0.05) is 29.8 Å². The van der Waals surface area contributed by atoms with Gasteiger partial charge in [0.15, 0.2) is 6.29 Å². The molecule has 86 valence electrons. The summed E-state index contributed by atoms with van der Waals surface area (Å²) in [6.45, 7) is 3.83. The van der Waals surface area contributed by atoms with Crippen LogP contribution in [0.15, 0.2) is 30.3 Å². The Hall–Kier alpha value is -1.74. The highest BCUT2D eigenvalue weighted by atomic mass is 32.1. The minimum absolute atomic E-state index is 0.0220. The van der Waals surface area contributed by atoms with Crippen molar-refractivity contribution in [2.24, 2.45) is 0 Å². The molecule has 17 heavy (non-hydrogen) atoms. The summed E-state index contributed by atoms with van der Waals surface area (Å²) in [6.07, 6.45) is 0.789. The van der Waals surface area contributed by atoms with Crippen molar-refractivity contribution in [3.63, 3.8) is 0 Å². The van der Waals surface area contributed by atoms with Gasteiger partial charge in [0.25, 0.3) is 0 Å². The average Bonchev–Trinajstić information content (AvgIpc) is 2.70. The first-order valence-electron chi connectivity index (χ1n) is 5.29. The molecule has 1 aromatic carbocycles. The van der Waals surface area contributed by atoms with Crippen molar-refractivity contribution in [3.8, 4) is 0 Å². The molecular formula is C14H12O2S. The maximum Gasteiger partial charge on any atom is 0.202 e. The third-order valence-electron chi connectivity index (χ3n) is 2.62. The summed E-state index contributed by atoms with van der Waals surface area (Å²) in [5, 5.41) is 0. The van der Waals surface area contributed by atoms with Crippen molar-refractivity contribution < 1.29 is 9.59 Å². The molecule has 0 atom stereocenters. The number of carbonyl (C=O) groups is 2. The van der Waals surface area contributed by atoms with E-state index >= 15 is 0 Å². The zero-order valence-corrected chi connectivity index (χ0v) is 10.5. The van der Waals surface area contributed by atoms with Crippen molar-refractivity contribution in [2.45, 2.75) is 13.8 Å². The van der Waals surface area contributed by atoms with Crippen LogP contribution < -0.4 is 0 Å². The number of aryl methyl sites for hydroxylation is 2. The van der Waals surface area contributed by atoms with E-state index in [-0.39, 0.29) is 5.78 Å². The summed E-state index contributed by atoms with van der Waals surface area (Å²) in [5.41, 5.74) is 2.39. The van der Waals surface area contributed by atoms with Gasteiger partial charge in [-0.05, 0) is 19.9 Å². The van der Waals surface area contributed by atoms with Crippen molar-refractivity contribution in [3.05, 3.63) is 56.8 Å². The highest BCUT2D eigenvalue weighted by Gasteiger charge is 2.13. The molecule has 0 spiro atoms. The summed E-state index contributed by atoms with van der Waals surface area (Å²) >= 11 is 1.37. The Morgan fingerprint density at radius 1 is 1.18 bits per heavy atom. The second-order valence-electron chi connectivity index (χ2n) is 3.94. The molecule has 1 aromatic heterocycles. The predicted molar refractivity (Wildman–Crippen MR) is 69.1 cm³/mol. The van der Waals surface area contributed by atoms with E-state index in [1.807, 2.05) is 38.1 Å². The molecule has 0 unspecified atom stereocenters. The highest BCUT2D eigenvalue weighted by Crippen LogP contribution is 2.23. The Bertz CT molecular complexity index is 564. The largest absolute Gasteiger partial charge is 0.298 e. The molecule has 0 fully saturated rings. The number of carbonyl (C=O) groups excluding carboxylic acids is 2. The van der Waals surface area contributed by atoms with Gasteiger partial charge < -0.3 is 0 Å². The zero-order valence-electron chi connectivity index (χ0n) is 9.69. The Morgan fingerprint density at radius 2 is 1.82 bits per heavy atom. The number of hydrogen-bond acceptors (Lipinski definition) is 3. The number of hydrogen-bond donors (Lipinski definition) is 0. The average molecular weight is 244 g/mol. The quantitative estimate of drug-likeness (QED) is 0.612. The molecule has 3 heteroatoms. The molecule has 0 amide bonds. The maximum atomic E-state index is 12.1. The van der Waals surface area contributed by atoms with Gasteiger partial charge in [0.1, 0.15) is 0 Å². The van der Waals surface area contributed by atoms with Crippen LogP contribution in [0.2, 0.25) is 0 Å². The monoisotopic (exact) mass is 244 g/mol. The molecule has 0 saturated carbocycles. The van der Waals surface area contributed by atoms with Gasteiger partial charge in [0.2, 0.25) is 5.78 Å². The molecule has 0 bridgehead atoms. The lowest BCUT2D eigenvalue weighted by molar-refractivity contribution is 0.104. The number of ketones is 1. The normalized spacial score (nSPS) is 10.2. The van der Waals surface area contributed by atoms with Crippen molar-refractivity contribution >= 4 is 23.4 Å². The Kier molecular flexibility index (Phi) is 3.20. The third-order valence-corrected chi connectivity index (χ3v) is 3.69. The van der Waals surface area contributed by atoms with Crippen molar-refractivity contribution in [1.82, 2.24) is 0 Å². The number of benzene rings is 1. The Morgan fingerprint density at radius 3 is 2.35 bits per heavy atom. The van der Waals surface area contributed by atoms with Gasteiger partial charge in [-0.3, -0.25) is 9.59 Å². The van der Waals surface area contributed by atoms with Gasteiger partial charge in [-0.15, -0.1) is 11.3 Å². The van der Waals surface area contributed by atoms with E-state index in [1.54, 1.807) is 6.07 Å². The molecule has 1 heterocycles. The lowest BCUT2D eigenvalue weighted by Gasteiger charge is -1.98. The van der Waals surface area contributed by atoms with Gasteiger partial charge >= 0.3 is 0 Å². The first-order chi connectivity index (χ1) is 8.11. The van der Waals surface area contributed by atoms with Crippen LogP contribution in [0.1, 0.15) is 36.0 Å². The van der Waals surface area contributed by atoms with Gasteiger partial charge in [-0.25, -0.2) is 0 Å². The molecule has 2 nitrogen and oxygen atoms in total. The molecule has 0 aliphatic heterocycles. The summed E-state index contributed by atoms with van der Waals surface area (Å²) in [4.78, 5) is 24.4. The molecule has 0 radical (unpaired) electrons. The summed E-state index contributed by atoms with van der Waals surface area (Å²) in [6, 6.07) is 9.11. The van der Waals surface area contributed by atoms with Crippen LogP contribution in [-0.4, -0.2) is 12.1 Å². The van der Waals surface area contributed by atoms with Crippen LogP contribution in [0.3, 0.4) is 0 Å². The van der Waals surface area contributed by atoms with E-state index in [1.165, 1.54) is 11.3 Å². The van der Waals surface area contributed by atoms with Crippen molar-refractivity contribution in [1.29, 1.82) is 0 Å². The predicted octanol–water partition coefficient (Wildman–Crippen LogP) is 3.41. The fourth-order valence-electron chi connectivity index (χ4n) is 1.57. The smallest absolute Gasteiger partial charge is 0.202 e. The van der Waals surface area contributed by atoms with E-state index in [0.29, 0.717) is 16.0 Å². The van der Waals surface area contributed by atoms with Crippen LogP contribution in [0, 0.1) is 13.8 Å². The second kappa shape index (κ2) is 4.63. The van der Waals surface area contributed by atoms with Crippen LogP contribution in [-0.2, 0) is 0 Å². The first-order valence-corrected chi connectivity index (χ1v) is 6.10. The van der Waals surface area contributed by atoms with E-state index in [2.05, 4.69) is 0 Å². The lowest BCUT2D eigenvalue weighted by Crippen LogP contribution is -1.98. The molecule has 0 aliphatic rings. The molecule has 0 N–H and O–H groups in total. The van der Waals surface area contributed by atoms with E-state index in [4.69, 9.17) is 0 Å². The molecule has 0 aliphatic carbocycles. The second-order valence-corrected chi connectivity index (χ2v) is 5.19. The van der Waals surface area contributed by atoms with E-state index in [9.17, 15) is 9.59 Å². The van der Waals surface area contributed by atoms with Gasteiger partial charge in [0.05, 0.1) is 4.88 Å².